The molecule has 8 nitrogen and oxygen atoms in total. The average molecular weight is 577 g/mol. The number of fused-ring (bicyclic) bond motifs is 2. The van der Waals surface area contributed by atoms with Gasteiger partial charge < -0.3 is 5.32 Å². The van der Waals surface area contributed by atoms with Gasteiger partial charge in [0.1, 0.15) is 11.8 Å². The number of nitrogens with one attached hydrogen (secondary N) is 1. The summed E-state index contributed by atoms with van der Waals surface area (Å²) in [5, 5.41) is 3.12. The summed E-state index contributed by atoms with van der Waals surface area (Å²) < 4.78 is 1.40. The molecule has 2 aliphatic rings. The Morgan fingerprint density at radius 2 is 1.79 bits per heavy atom. The monoisotopic (exact) mass is 576 g/mol. The van der Waals surface area contributed by atoms with Crippen molar-refractivity contribution < 1.29 is 14.4 Å². The highest BCUT2D eigenvalue weighted by molar-refractivity contribution is 8.00. The quantitative estimate of drug-likeness (QED) is 0.346. The van der Waals surface area contributed by atoms with E-state index in [1.165, 1.54) is 21.2 Å². The molecular formula is C28H21ClN4O4S2. The fourth-order valence-corrected chi connectivity index (χ4v) is 7.96. The molecule has 6 rings (SSSR count). The van der Waals surface area contributed by atoms with Crippen molar-refractivity contribution in [3.05, 3.63) is 104 Å². The normalized spacial score (nSPS) is 20.1. The van der Waals surface area contributed by atoms with Gasteiger partial charge in [-0.25, -0.2) is 4.90 Å². The first-order valence-corrected chi connectivity index (χ1v) is 14.2. The number of carbonyl (C=O) groups is 3. The van der Waals surface area contributed by atoms with Crippen molar-refractivity contribution in [1.82, 2.24) is 9.55 Å². The van der Waals surface area contributed by atoms with E-state index in [-0.39, 0.29) is 29.1 Å². The van der Waals surface area contributed by atoms with Crippen LogP contribution in [0.15, 0.2) is 82.9 Å². The first-order valence-electron chi connectivity index (χ1n) is 12.1. The Bertz CT molecular complexity index is 1670. The van der Waals surface area contributed by atoms with E-state index in [0.717, 1.165) is 22.5 Å². The van der Waals surface area contributed by atoms with Gasteiger partial charge in [-0.05, 0) is 54.4 Å². The number of hydrogen-bond acceptors (Lipinski definition) is 7. The molecule has 0 radical (unpaired) electrons. The van der Waals surface area contributed by atoms with Gasteiger partial charge in [-0.2, -0.15) is 0 Å². The molecule has 1 N–H and O–H groups in total. The minimum Gasteiger partial charge on any atom is -0.324 e. The lowest BCUT2D eigenvalue weighted by molar-refractivity contribution is -0.122. The highest BCUT2D eigenvalue weighted by Crippen LogP contribution is 2.53. The van der Waals surface area contributed by atoms with Gasteiger partial charge in [0.2, 0.25) is 17.7 Å². The van der Waals surface area contributed by atoms with Crippen molar-refractivity contribution in [3.8, 4) is 0 Å². The SMILES string of the molecule is Cc1ccccc1NC(=O)Cn1c2c(sc1=O)[C@@H](c1cccnc1)[C@@H]1C(=O)N(c3ccc(Cl)cc3)C(=O)[C@@H]1S2. The molecule has 0 bridgehead atoms. The third kappa shape index (κ3) is 4.48. The van der Waals surface area contributed by atoms with Crippen molar-refractivity contribution >= 4 is 63.8 Å². The number of anilines is 2. The fourth-order valence-electron chi connectivity index (χ4n) is 5.07. The molecule has 1 saturated heterocycles. The highest BCUT2D eigenvalue weighted by atomic mass is 35.5. The fraction of sp³-hybridized carbons (Fsp3) is 0.179. The number of thiazole rings is 1. The van der Waals surface area contributed by atoms with E-state index in [9.17, 15) is 19.2 Å². The van der Waals surface area contributed by atoms with Gasteiger partial charge in [-0.15, -0.1) is 0 Å². The molecule has 1 fully saturated rings. The number of carbonyl (C=O) groups excluding carboxylic acids is 3. The molecule has 3 amide bonds. The van der Waals surface area contributed by atoms with Crippen LogP contribution in [-0.2, 0) is 20.9 Å². The van der Waals surface area contributed by atoms with Crippen LogP contribution in [0.3, 0.4) is 0 Å². The summed E-state index contributed by atoms with van der Waals surface area (Å²) in [4.78, 5) is 59.5. The number of thioether (sulfide) groups is 1. The van der Waals surface area contributed by atoms with E-state index in [2.05, 4.69) is 10.3 Å². The van der Waals surface area contributed by atoms with E-state index in [1.54, 1.807) is 48.8 Å². The van der Waals surface area contributed by atoms with Crippen LogP contribution >= 0.6 is 34.7 Å². The van der Waals surface area contributed by atoms with Crippen LogP contribution in [-0.4, -0.2) is 32.5 Å². The maximum absolute atomic E-state index is 13.8. The Hall–Kier alpha value is -3.73. The zero-order chi connectivity index (χ0) is 27.3. The van der Waals surface area contributed by atoms with Gasteiger partial charge in [-0.1, -0.05) is 59.0 Å². The van der Waals surface area contributed by atoms with Gasteiger partial charge in [0, 0.05) is 33.9 Å². The van der Waals surface area contributed by atoms with E-state index in [1.807, 2.05) is 31.2 Å². The van der Waals surface area contributed by atoms with E-state index in [4.69, 9.17) is 11.6 Å². The number of para-hydroxylation sites is 1. The van der Waals surface area contributed by atoms with Crippen molar-refractivity contribution in [2.75, 3.05) is 10.2 Å². The molecule has 4 aromatic rings. The molecule has 0 unspecified atom stereocenters. The number of amides is 3. The lowest BCUT2D eigenvalue weighted by atomic mass is 9.84. The third-order valence-corrected chi connectivity index (χ3v) is 9.75. The van der Waals surface area contributed by atoms with Crippen LogP contribution in [0.5, 0.6) is 0 Å². The summed E-state index contributed by atoms with van der Waals surface area (Å²) in [5.41, 5.74) is 2.73. The molecule has 196 valence electrons. The number of nitrogens with zero attached hydrogens (tertiary/aromatic N) is 3. The summed E-state index contributed by atoms with van der Waals surface area (Å²) in [6.07, 6.45) is 3.29. The van der Waals surface area contributed by atoms with E-state index >= 15 is 0 Å². The molecule has 2 aliphatic heterocycles. The number of hydrogen-bond donors (Lipinski definition) is 1. The van der Waals surface area contributed by atoms with Crippen LogP contribution in [0.2, 0.25) is 5.02 Å². The molecule has 0 saturated carbocycles. The first kappa shape index (κ1) is 25.5. The van der Waals surface area contributed by atoms with Crippen molar-refractivity contribution in [1.29, 1.82) is 0 Å². The minimum atomic E-state index is -0.773. The molecule has 11 heteroatoms. The van der Waals surface area contributed by atoms with Crippen molar-refractivity contribution in [3.63, 3.8) is 0 Å². The number of aromatic nitrogens is 2. The van der Waals surface area contributed by atoms with Gasteiger partial charge in [0.05, 0.1) is 16.6 Å². The predicted molar refractivity (Wildman–Crippen MR) is 152 cm³/mol. The summed E-state index contributed by atoms with van der Waals surface area (Å²) in [7, 11) is 0. The number of aryl methyl sites for hydroxylation is 1. The number of halogens is 1. The maximum atomic E-state index is 13.8. The molecule has 0 spiro atoms. The average Bonchev–Trinajstić information content (AvgIpc) is 3.37. The van der Waals surface area contributed by atoms with Crippen LogP contribution < -0.4 is 15.1 Å². The molecule has 2 aromatic carbocycles. The Morgan fingerprint density at radius 1 is 1.03 bits per heavy atom. The molecule has 0 aliphatic carbocycles. The van der Waals surface area contributed by atoms with E-state index in [0.29, 0.717) is 26.3 Å². The number of rotatable bonds is 5. The lowest BCUT2D eigenvalue weighted by Crippen LogP contribution is -2.33. The van der Waals surface area contributed by atoms with Crippen LogP contribution in [0.4, 0.5) is 11.4 Å². The number of imide groups is 1. The summed E-state index contributed by atoms with van der Waals surface area (Å²) in [5.74, 6) is -2.37. The molecular weight excluding hydrogens is 556 g/mol. The van der Waals surface area contributed by atoms with Gasteiger partial charge in [0.15, 0.2) is 0 Å². The first-order chi connectivity index (χ1) is 18.8. The minimum absolute atomic E-state index is 0.216. The lowest BCUT2D eigenvalue weighted by Gasteiger charge is -2.30. The molecule has 2 aromatic heterocycles. The van der Waals surface area contributed by atoms with Crippen molar-refractivity contribution in [2.24, 2.45) is 5.92 Å². The molecule has 4 heterocycles. The molecule has 39 heavy (non-hydrogen) atoms. The van der Waals surface area contributed by atoms with Crippen LogP contribution in [0, 0.1) is 12.8 Å². The zero-order valence-electron chi connectivity index (χ0n) is 20.5. The maximum Gasteiger partial charge on any atom is 0.308 e. The predicted octanol–water partition coefficient (Wildman–Crippen LogP) is 4.70. The van der Waals surface area contributed by atoms with Crippen molar-refractivity contribution in [2.45, 2.75) is 29.7 Å². The summed E-state index contributed by atoms with van der Waals surface area (Å²) in [6, 6.07) is 17.5. The third-order valence-electron chi connectivity index (χ3n) is 6.90. The standard InChI is InChI=1S/C28H21ClN4O4S2/c1-15-5-2-3-7-19(15)31-20(34)14-32-27-24(39-28(32)37)21(16-6-4-12-30-13-16)22-23(38-27)26(36)33(25(22)35)18-10-8-17(29)9-11-18/h2-13,21-23H,14H2,1H3,(H,31,34)/t21-,22-,23+/m0/s1. The largest absolute Gasteiger partial charge is 0.324 e. The summed E-state index contributed by atoms with van der Waals surface area (Å²) in [6.45, 7) is 1.67. The highest BCUT2D eigenvalue weighted by Gasteiger charge is 2.56. The number of benzene rings is 2. The van der Waals surface area contributed by atoms with Crippen LogP contribution in [0.1, 0.15) is 21.9 Å². The van der Waals surface area contributed by atoms with E-state index < -0.39 is 17.1 Å². The summed E-state index contributed by atoms with van der Waals surface area (Å²) >= 11 is 8.21. The zero-order valence-corrected chi connectivity index (χ0v) is 22.9. The second-order valence-electron chi connectivity index (χ2n) is 9.30. The molecule has 3 atom stereocenters. The topological polar surface area (TPSA) is 101 Å². The van der Waals surface area contributed by atoms with Gasteiger partial charge in [0.25, 0.3) is 0 Å². The number of pyridine rings is 1. The second-order valence-corrected chi connectivity index (χ2v) is 11.9. The van der Waals surface area contributed by atoms with Gasteiger partial charge in [-0.3, -0.25) is 28.7 Å². The van der Waals surface area contributed by atoms with Crippen LogP contribution in [0.25, 0.3) is 0 Å². The Balaban J connectivity index is 1.40. The van der Waals surface area contributed by atoms with Gasteiger partial charge >= 0.3 is 4.87 Å². The Kier molecular flexibility index (Phi) is 6.62. The smallest absolute Gasteiger partial charge is 0.308 e. The Labute approximate surface area is 236 Å². The second kappa shape index (κ2) is 10.1. The Morgan fingerprint density at radius 3 is 2.51 bits per heavy atom.